The number of hydrogen-bond donors (Lipinski definition) is 3. The van der Waals surface area contributed by atoms with Crippen molar-refractivity contribution in [3.63, 3.8) is 0 Å². The second-order valence-corrected chi connectivity index (χ2v) is 6.28. The molecule has 0 saturated carbocycles. The van der Waals surface area contributed by atoms with Gasteiger partial charge in [0, 0.05) is 6.07 Å². The molecule has 0 aliphatic heterocycles. The third-order valence-electron chi connectivity index (χ3n) is 4.54. The summed E-state index contributed by atoms with van der Waals surface area (Å²) in [7, 11) is 2.92. The predicted octanol–water partition coefficient (Wildman–Crippen LogP) is 1.60. The van der Waals surface area contributed by atoms with E-state index in [2.05, 4.69) is 15.0 Å². The van der Waals surface area contributed by atoms with E-state index in [0.717, 1.165) is 0 Å². The average Bonchev–Trinajstić information content (AvgIpc) is 3.08. The molecule has 0 bridgehead atoms. The smallest absolute Gasteiger partial charge is 0.332 e. The highest BCUT2D eigenvalue weighted by atomic mass is 16.5. The standard InChI is InChI=1S/C20H17N5O5/c1-29-11-6-3-5-10(9-11)25-19-15(23-20(25)28)14(17(21)27)22-18(24-19)12-7-4-8-13(30-2)16(12)26/h3-9,26H,1-2H3,(H2,21,27)(H,23,28). The fourth-order valence-electron chi connectivity index (χ4n) is 3.14. The van der Waals surface area contributed by atoms with Gasteiger partial charge < -0.3 is 25.3 Å². The Morgan fingerprint density at radius 1 is 1.13 bits per heavy atom. The highest BCUT2D eigenvalue weighted by Gasteiger charge is 2.22. The Morgan fingerprint density at radius 3 is 2.60 bits per heavy atom. The van der Waals surface area contributed by atoms with Crippen LogP contribution in [0.4, 0.5) is 0 Å². The number of nitrogens with one attached hydrogen (secondary N) is 1. The van der Waals surface area contributed by atoms with E-state index in [-0.39, 0.29) is 39.7 Å². The van der Waals surface area contributed by atoms with Gasteiger partial charge in [0.05, 0.1) is 25.5 Å². The molecule has 0 aliphatic rings. The van der Waals surface area contributed by atoms with E-state index in [9.17, 15) is 14.7 Å². The van der Waals surface area contributed by atoms with Crippen molar-refractivity contribution in [3.8, 4) is 34.3 Å². The molecular weight excluding hydrogens is 390 g/mol. The van der Waals surface area contributed by atoms with Crippen molar-refractivity contribution in [1.82, 2.24) is 19.5 Å². The lowest BCUT2D eigenvalue weighted by Crippen LogP contribution is -2.15. The van der Waals surface area contributed by atoms with Crippen LogP contribution >= 0.6 is 0 Å². The minimum Gasteiger partial charge on any atom is -0.504 e. The quantitative estimate of drug-likeness (QED) is 0.455. The third-order valence-corrected chi connectivity index (χ3v) is 4.54. The first-order valence-corrected chi connectivity index (χ1v) is 8.78. The molecule has 4 aromatic rings. The number of benzene rings is 2. The van der Waals surface area contributed by atoms with Crippen molar-refractivity contribution in [2.45, 2.75) is 0 Å². The Hall–Kier alpha value is -4.34. The Kier molecular flexibility index (Phi) is 4.59. The molecule has 2 heterocycles. The van der Waals surface area contributed by atoms with Crippen LogP contribution < -0.4 is 20.9 Å². The number of carbonyl (C=O) groups excluding carboxylic acids is 1. The van der Waals surface area contributed by atoms with Gasteiger partial charge in [0.1, 0.15) is 11.3 Å². The van der Waals surface area contributed by atoms with Gasteiger partial charge in [-0.25, -0.2) is 19.3 Å². The van der Waals surface area contributed by atoms with E-state index in [0.29, 0.717) is 11.4 Å². The monoisotopic (exact) mass is 407 g/mol. The number of H-pyrrole nitrogens is 1. The molecule has 0 radical (unpaired) electrons. The number of phenols is 1. The lowest BCUT2D eigenvalue weighted by molar-refractivity contribution is 0.0997. The number of aromatic nitrogens is 4. The van der Waals surface area contributed by atoms with Gasteiger partial charge in [-0.15, -0.1) is 0 Å². The van der Waals surface area contributed by atoms with Crippen molar-refractivity contribution in [1.29, 1.82) is 0 Å². The minimum absolute atomic E-state index is 0.00310. The number of methoxy groups -OCH3 is 2. The number of phenolic OH excluding ortho intramolecular Hbond substituents is 1. The van der Waals surface area contributed by atoms with Crippen molar-refractivity contribution in [2.24, 2.45) is 5.73 Å². The normalized spacial score (nSPS) is 10.9. The van der Waals surface area contributed by atoms with Crippen LogP contribution in [0.5, 0.6) is 17.2 Å². The Bertz CT molecular complexity index is 1340. The lowest BCUT2D eigenvalue weighted by atomic mass is 10.1. The summed E-state index contributed by atoms with van der Waals surface area (Å²) in [5.41, 5.74) is 5.65. The zero-order valence-corrected chi connectivity index (χ0v) is 16.0. The van der Waals surface area contributed by atoms with Crippen LogP contribution in [0.15, 0.2) is 47.3 Å². The van der Waals surface area contributed by atoms with Gasteiger partial charge in [-0.05, 0) is 24.3 Å². The van der Waals surface area contributed by atoms with Crippen molar-refractivity contribution >= 4 is 17.1 Å². The fraction of sp³-hybridized carbons (Fsp3) is 0.100. The number of aromatic hydroxyl groups is 1. The molecule has 152 valence electrons. The molecule has 4 rings (SSSR count). The molecule has 0 spiro atoms. The molecule has 10 nitrogen and oxygen atoms in total. The number of para-hydroxylation sites is 1. The summed E-state index contributed by atoms with van der Waals surface area (Å²) in [6, 6.07) is 11.5. The number of hydrogen-bond acceptors (Lipinski definition) is 7. The van der Waals surface area contributed by atoms with Crippen molar-refractivity contribution in [2.75, 3.05) is 14.2 Å². The number of primary amides is 1. The van der Waals surface area contributed by atoms with Crippen LogP contribution in [0.2, 0.25) is 0 Å². The average molecular weight is 407 g/mol. The van der Waals surface area contributed by atoms with E-state index in [1.807, 2.05) is 0 Å². The maximum Gasteiger partial charge on any atom is 0.332 e. The molecule has 4 N–H and O–H groups in total. The maximum atomic E-state index is 12.7. The van der Waals surface area contributed by atoms with E-state index in [4.69, 9.17) is 15.2 Å². The van der Waals surface area contributed by atoms with Crippen LogP contribution in [0.25, 0.3) is 28.2 Å². The number of ether oxygens (including phenoxy) is 2. The summed E-state index contributed by atoms with van der Waals surface area (Å²) in [4.78, 5) is 36.0. The SMILES string of the molecule is COc1cccc(-n2c(=O)[nH]c3c(C(N)=O)nc(-c4cccc(OC)c4O)nc32)c1. The number of carbonyl (C=O) groups is 1. The first-order chi connectivity index (χ1) is 14.4. The summed E-state index contributed by atoms with van der Waals surface area (Å²) in [5.74, 6) is -0.325. The Morgan fingerprint density at radius 2 is 1.90 bits per heavy atom. The maximum absolute atomic E-state index is 12.7. The van der Waals surface area contributed by atoms with Gasteiger partial charge in [-0.1, -0.05) is 12.1 Å². The first kappa shape index (κ1) is 19.0. The van der Waals surface area contributed by atoms with E-state index >= 15 is 0 Å². The molecule has 0 saturated heterocycles. The molecule has 0 aliphatic carbocycles. The topological polar surface area (TPSA) is 145 Å². The van der Waals surface area contributed by atoms with E-state index in [1.54, 1.807) is 42.5 Å². The number of fused-ring (bicyclic) bond motifs is 1. The zero-order chi connectivity index (χ0) is 21.4. The van der Waals surface area contributed by atoms with Gasteiger partial charge in [0.25, 0.3) is 5.91 Å². The number of aromatic amines is 1. The highest BCUT2D eigenvalue weighted by molar-refractivity contribution is 6.02. The van der Waals surface area contributed by atoms with Crippen LogP contribution in [-0.2, 0) is 0 Å². The summed E-state index contributed by atoms with van der Waals surface area (Å²) < 4.78 is 11.6. The fourth-order valence-corrected chi connectivity index (χ4v) is 3.14. The molecule has 0 fully saturated rings. The lowest BCUT2D eigenvalue weighted by Gasteiger charge is -2.10. The number of nitrogens with two attached hydrogens (primary N) is 1. The van der Waals surface area contributed by atoms with Gasteiger partial charge in [0.2, 0.25) is 0 Å². The van der Waals surface area contributed by atoms with Gasteiger partial charge in [0.15, 0.2) is 28.7 Å². The van der Waals surface area contributed by atoms with Crippen LogP contribution in [0, 0.1) is 0 Å². The Labute approximate surface area is 169 Å². The van der Waals surface area contributed by atoms with Gasteiger partial charge in [-0.3, -0.25) is 4.79 Å². The van der Waals surface area contributed by atoms with E-state index in [1.165, 1.54) is 18.8 Å². The van der Waals surface area contributed by atoms with Crippen LogP contribution in [0.1, 0.15) is 10.5 Å². The van der Waals surface area contributed by atoms with Crippen molar-refractivity contribution in [3.05, 3.63) is 58.6 Å². The molecule has 1 amide bonds. The molecule has 2 aromatic carbocycles. The van der Waals surface area contributed by atoms with Gasteiger partial charge >= 0.3 is 5.69 Å². The molecule has 0 unspecified atom stereocenters. The molecule has 2 aromatic heterocycles. The largest absolute Gasteiger partial charge is 0.504 e. The number of rotatable bonds is 5. The molecular formula is C20H17N5O5. The predicted molar refractivity (Wildman–Crippen MR) is 108 cm³/mol. The first-order valence-electron chi connectivity index (χ1n) is 8.78. The second-order valence-electron chi connectivity index (χ2n) is 6.28. The molecule has 30 heavy (non-hydrogen) atoms. The minimum atomic E-state index is -0.856. The number of imidazole rings is 1. The van der Waals surface area contributed by atoms with Crippen LogP contribution in [-0.4, -0.2) is 44.8 Å². The summed E-state index contributed by atoms with van der Waals surface area (Å²) >= 11 is 0. The summed E-state index contributed by atoms with van der Waals surface area (Å²) in [6.07, 6.45) is 0. The molecule has 10 heteroatoms. The highest BCUT2D eigenvalue weighted by Crippen LogP contribution is 2.36. The van der Waals surface area contributed by atoms with E-state index < -0.39 is 11.6 Å². The van der Waals surface area contributed by atoms with Gasteiger partial charge in [-0.2, -0.15) is 0 Å². The number of nitrogens with zero attached hydrogens (tertiary/aromatic N) is 3. The second kappa shape index (κ2) is 7.24. The van der Waals surface area contributed by atoms with Crippen molar-refractivity contribution < 1.29 is 19.4 Å². The summed E-state index contributed by atoms with van der Waals surface area (Å²) in [6.45, 7) is 0. The number of amides is 1. The third kappa shape index (κ3) is 3.00. The summed E-state index contributed by atoms with van der Waals surface area (Å²) in [5, 5.41) is 10.5. The molecule has 0 atom stereocenters. The Balaban J connectivity index is 2.06. The van der Waals surface area contributed by atoms with Crippen LogP contribution in [0.3, 0.4) is 0 Å². The zero-order valence-electron chi connectivity index (χ0n) is 16.0.